The average molecular weight is 371 g/mol. The standard InChI is InChI=1S/C15H13Cl2FN4O2/c16-10-3-13(23-8-12-4-11(7-21-17)22-24-12)15(20-6-10)9-1-2-14(18)19-5-9/h1-3,5-6,12,21H,4,7-8H2. The Labute approximate surface area is 147 Å². The number of rotatable bonds is 6. The zero-order valence-corrected chi connectivity index (χ0v) is 13.9. The van der Waals surface area contributed by atoms with E-state index in [4.69, 9.17) is 33.0 Å². The Bertz CT molecular complexity index is 743. The predicted octanol–water partition coefficient (Wildman–Crippen LogP) is 3.20. The highest BCUT2D eigenvalue weighted by Crippen LogP contribution is 2.30. The molecule has 3 rings (SSSR count). The number of pyridine rings is 2. The maximum Gasteiger partial charge on any atom is 0.212 e. The third-order valence-corrected chi connectivity index (χ3v) is 3.65. The summed E-state index contributed by atoms with van der Waals surface area (Å²) in [4.78, 5) is 15.7. The van der Waals surface area contributed by atoms with Gasteiger partial charge in [-0.1, -0.05) is 16.8 Å². The Balaban J connectivity index is 1.71. The summed E-state index contributed by atoms with van der Waals surface area (Å²) in [5.41, 5.74) is 1.96. The van der Waals surface area contributed by atoms with Crippen molar-refractivity contribution >= 4 is 29.1 Å². The van der Waals surface area contributed by atoms with Crippen LogP contribution >= 0.6 is 23.4 Å². The van der Waals surface area contributed by atoms with E-state index in [9.17, 15) is 4.39 Å². The molecule has 0 radical (unpaired) electrons. The molecule has 0 saturated heterocycles. The molecule has 0 spiro atoms. The molecule has 126 valence electrons. The second kappa shape index (κ2) is 7.74. The zero-order chi connectivity index (χ0) is 16.9. The number of aromatic nitrogens is 2. The molecule has 1 unspecified atom stereocenters. The van der Waals surface area contributed by atoms with E-state index in [1.54, 1.807) is 12.1 Å². The quantitative estimate of drug-likeness (QED) is 0.624. The Kier molecular flexibility index (Phi) is 5.44. The van der Waals surface area contributed by atoms with Gasteiger partial charge in [-0.2, -0.15) is 4.39 Å². The number of hydrogen-bond donors (Lipinski definition) is 1. The van der Waals surface area contributed by atoms with Crippen LogP contribution < -0.4 is 9.57 Å². The molecule has 1 aliphatic heterocycles. The molecule has 2 aromatic heterocycles. The SMILES string of the molecule is Fc1ccc(-c2ncc(Cl)cc2OCC2CC(CNCl)=NO2)cn1. The Hall–Kier alpha value is -1.96. The van der Waals surface area contributed by atoms with Crippen LogP contribution in [0.15, 0.2) is 35.7 Å². The number of nitrogens with one attached hydrogen (secondary N) is 1. The van der Waals surface area contributed by atoms with E-state index in [0.717, 1.165) is 5.71 Å². The van der Waals surface area contributed by atoms with Crippen molar-refractivity contribution in [2.75, 3.05) is 13.2 Å². The smallest absolute Gasteiger partial charge is 0.212 e. The Morgan fingerprint density at radius 1 is 1.33 bits per heavy atom. The first-order valence-corrected chi connectivity index (χ1v) is 7.86. The van der Waals surface area contributed by atoms with Gasteiger partial charge in [-0.3, -0.25) is 4.98 Å². The molecule has 0 amide bonds. The lowest BCUT2D eigenvalue weighted by molar-refractivity contribution is 0.0471. The van der Waals surface area contributed by atoms with E-state index in [1.165, 1.54) is 18.5 Å². The number of ether oxygens (including phenoxy) is 1. The van der Waals surface area contributed by atoms with Gasteiger partial charge in [0.05, 0.1) is 17.3 Å². The van der Waals surface area contributed by atoms with Crippen LogP contribution in [0.1, 0.15) is 6.42 Å². The molecule has 1 N–H and O–H groups in total. The van der Waals surface area contributed by atoms with Crippen molar-refractivity contribution in [1.29, 1.82) is 0 Å². The van der Waals surface area contributed by atoms with Crippen LogP contribution in [0.4, 0.5) is 4.39 Å². The first-order chi connectivity index (χ1) is 11.7. The fraction of sp³-hybridized carbons (Fsp3) is 0.267. The number of hydrogen-bond acceptors (Lipinski definition) is 6. The molecule has 9 heteroatoms. The van der Waals surface area contributed by atoms with Crippen molar-refractivity contribution in [2.45, 2.75) is 12.5 Å². The molecule has 3 heterocycles. The molecule has 1 aliphatic rings. The largest absolute Gasteiger partial charge is 0.487 e. The summed E-state index contributed by atoms with van der Waals surface area (Å²) >= 11 is 11.4. The summed E-state index contributed by atoms with van der Waals surface area (Å²) in [5.74, 6) is -0.101. The van der Waals surface area contributed by atoms with Crippen LogP contribution in [-0.4, -0.2) is 34.9 Å². The van der Waals surface area contributed by atoms with Crippen molar-refractivity contribution in [3.8, 4) is 17.0 Å². The third-order valence-electron chi connectivity index (χ3n) is 3.31. The number of halogens is 3. The molecule has 0 aliphatic carbocycles. The molecule has 0 aromatic carbocycles. The van der Waals surface area contributed by atoms with Gasteiger partial charge in [0.1, 0.15) is 18.1 Å². The predicted molar refractivity (Wildman–Crippen MR) is 88.7 cm³/mol. The van der Waals surface area contributed by atoms with Crippen LogP contribution in [0.2, 0.25) is 5.02 Å². The van der Waals surface area contributed by atoms with E-state index >= 15 is 0 Å². The molecular formula is C15H13Cl2FN4O2. The second-order valence-electron chi connectivity index (χ2n) is 5.08. The Morgan fingerprint density at radius 3 is 2.96 bits per heavy atom. The molecular weight excluding hydrogens is 358 g/mol. The first-order valence-electron chi connectivity index (χ1n) is 7.11. The summed E-state index contributed by atoms with van der Waals surface area (Å²) < 4.78 is 18.8. The van der Waals surface area contributed by atoms with Gasteiger partial charge in [-0.25, -0.2) is 9.82 Å². The van der Waals surface area contributed by atoms with Crippen molar-refractivity contribution in [1.82, 2.24) is 14.8 Å². The minimum atomic E-state index is -0.563. The van der Waals surface area contributed by atoms with Crippen molar-refractivity contribution in [3.05, 3.63) is 41.6 Å². The topological polar surface area (TPSA) is 68.6 Å². The molecule has 0 saturated carbocycles. The number of nitrogens with zero attached hydrogens (tertiary/aromatic N) is 3. The van der Waals surface area contributed by atoms with Gasteiger partial charge in [0.25, 0.3) is 0 Å². The van der Waals surface area contributed by atoms with Gasteiger partial charge in [0, 0.05) is 30.4 Å². The van der Waals surface area contributed by atoms with E-state index in [2.05, 4.69) is 20.0 Å². The van der Waals surface area contributed by atoms with E-state index in [0.29, 0.717) is 35.0 Å². The summed E-state index contributed by atoms with van der Waals surface area (Å²) in [6, 6.07) is 4.48. The lowest BCUT2D eigenvalue weighted by Crippen LogP contribution is -2.21. The minimum absolute atomic E-state index is 0.219. The fourth-order valence-electron chi connectivity index (χ4n) is 2.20. The first kappa shape index (κ1) is 16.9. The highest BCUT2D eigenvalue weighted by molar-refractivity contribution is 6.30. The fourth-order valence-corrected chi connectivity index (χ4v) is 2.51. The third kappa shape index (κ3) is 4.11. The van der Waals surface area contributed by atoms with Crippen molar-refractivity contribution in [3.63, 3.8) is 0 Å². The maximum atomic E-state index is 13.0. The van der Waals surface area contributed by atoms with Gasteiger partial charge < -0.3 is 9.57 Å². The average Bonchev–Trinajstić information content (AvgIpc) is 3.02. The number of oxime groups is 1. The molecule has 2 aromatic rings. The van der Waals surface area contributed by atoms with Gasteiger partial charge in [0.2, 0.25) is 5.95 Å². The van der Waals surface area contributed by atoms with Crippen LogP contribution in [0.25, 0.3) is 11.3 Å². The van der Waals surface area contributed by atoms with Crippen molar-refractivity contribution < 1.29 is 14.0 Å². The summed E-state index contributed by atoms with van der Waals surface area (Å²) in [6.45, 7) is 0.711. The van der Waals surface area contributed by atoms with Crippen LogP contribution in [0.3, 0.4) is 0 Å². The van der Waals surface area contributed by atoms with Crippen molar-refractivity contribution in [2.24, 2.45) is 5.16 Å². The summed E-state index contributed by atoms with van der Waals surface area (Å²) in [6.07, 6.45) is 3.27. The van der Waals surface area contributed by atoms with Crippen LogP contribution in [0, 0.1) is 5.95 Å². The van der Waals surface area contributed by atoms with E-state index in [-0.39, 0.29) is 12.7 Å². The van der Waals surface area contributed by atoms with Gasteiger partial charge in [-0.05, 0) is 23.9 Å². The monoisotopic (exact) mass is 370 g/mol. The normalized spacial score (nSPS) is 16.6. The lowest BCUT2D eigenvalue weighted by atomic mass is 10.1. The molecule has 0 fully saturated rings. The minimum Gasteiger partial charge on any atom is -0.487 e. The second-order valence-corrected chi connectivity index (χ2v) is 5.78. The lowest BCUT2D eigenvalue weighted by Gasteiger charge is -2.13. The molecule has 24 heavy (non-hydrogen) atoms. The van der Waals surface area contributed by atoms with Gasteiger partial charge in [0.15, 0.2) is 6.10 Å². The molecule has 0 bridgehead atoms. The van der Waals surface area contributed by atoms with Gasteiger partial charge >= 0.3 is 0 Å². The van der Waals surface area contributed by atoms with Gasteiger partial charge in [-0.15, -0.1) is 0 Å². The summed E-state index contributed by atoms with van der Waals surface area (Å²) in [5, 5.41) is 4.35. The molecule has 1 atom stereocenters. The summed E-state index contributed by atoms with van der Waals surface area (Å²) in [7, 11) is 0. The maximum absolute atomic E-state index is 13.0. The Morgan fingerprint density at radius 2 is 2.21 bits per heavy atom. The highest BCUT2D eigenvalue weighted by Gasteiger charge is 2.22. The van der Waals surface area contributed by atoms with E-state index in [1.807, 2.05) is 0 Å². The molecule has 6 nitrogen and oxygen atoms in total. The van der Waals surface area contributed by atoms with Crippen LogP contribution in [0.5, 0.6) is 5.75 Å². The highest BCUT2D eigenvalue weighted by atomic mass is 35.5. The van der Waals surface area contributed by atoms with Crippen LogP contribution in [-0.2, 0) is 4.84 Å². The van der Waals surface area contributed by atoms with E-state index < -0.39 is 5.95 Å². The zero-order valence-electron chi connectivity index (χ0n) is 12.4.